The van der Waals surface area contributed by atoms with Gasteiger partial charge in [0.05, 0.1) is 19.5 Å². The van der Waals surface area contributed by atoms with Gasteiger partial charge in [0.25, 0.3) is 0 Å². The van der Waals surface area contributed by atoms with Crippen molar-refractivity contribution in [3.63, 3.8) is 0 Å². The molecule has 0 unspecified atom stereocenters. The van der Waals surface area contributed by atoms with Crippen LogP contribution in [0.1, 0.15) is 5.56 Å². The van der Waals surface area contributed by atoms with Crippen LogP contribution < -0.4 is 9.47 Å². The van der Waals surface area contributed by atoms with E-state index in [2.05, 4.69) is 9.36 Å². The van der Waals surface area contributed by atoms with Crippen LogP contribution in [0.3, 0.4) is 0 Å². The van der Waals surface area contributed by atoms with E-state index in [4.69, 9.17) is 14.2 Å². The van der Waals surface area contributed by atoms with Crippen LogP contribution in [0.25, 0.3) is 0 Å². The van der Waals surface area contributed by atoms with Crippen LogP contribution in [0, 0.1) is 0 Å². The van der Waals surface area contributed by atoms with E-state index < -0.39 is 9.84 Å². The summed E-state index contributed by atoms with van der Waals surface area (Å²) in [5.41, 5.74) is 0.651. The maximum Gasteiger partial charge on any atom is 0.329 e. The molecule has 2 aromatic rings. The topological polar surface area (TPSA) is 87.6 Å². The molecule has 0 atom stereocenters. The molecule has 0 aliphatic rings. The first kappa shape index (κ1) is 16.7. The van der Waals surface area contributed by atoms with Crippen LogP contribution in [0.15, 0.2) is 28.6 Å². The predicted octanol–water partition coefficient (Wildman–Crippen LogP) is 1.55. The quantitative estimate of drug-likeness (QED) is 0.671. The number of methoxy groups -OCH3 is 2. The molecule has 1 aromatic heterocycles. The molecule has 2 rings (SSSR count). The summed E-state index contributed by atoms with van der Waals surface area (Å²) in [5, 5.41) is 0. The predicted molar refractivity (Wildman–Crippen MR) is 81.2 cm³/mol. The molecule has 0 saturated heterocycles. The molecule has 0 aliphatic heterocycles. The summed E-state index contributed by atoms with van der Waals surface area (Å²) >= 11 is 0.802. The normalized spacial score (nSPS) is 11.4. The number of sulfone groups is 1. The highest BCUT2D eigenvalue weighted by atomic mass is 32.2. The average molecular weight is 344 g/mol. The minimum absolute atomic E-state index is 0.0513. The monoisotopic (exact) mass is 344 g/mol. The van der Waals surface area contributed by atoms with Crippen LogP contribution in [0.5, 0.6) is 11.8 Å². The second-order valence-corrected chi connectivity index (χ2v) is 7.21. The molecule has 22 heavy (non-hydrogen) atoms. The van der Waals surface area contributed by atoms with Crippen LogP contribution in [0.2, 0.25) is 0 Å². The molecule has 0 bridgehead atoms. The summed E-state index contributed by atoms with van der Waals surface area (Å²) < 4.78 is 43.5. The smallest absolute Gasteiger partial charge is 0.329 e. The third-order valence-electron chi connectivity index (χ3n) is 2.69. The summed E-state index contributed by atoms with van der Waals surface area (Å²) in [4.78, 5) is 3.90. The van der Waals surface area contributed by atoms with Gasteiger partial charge < -0.3 is 14.2 Å². The van der Waals surface area contributed by atoms with Crippen molar-refractivity contribution in [2.24, 2.45) is 0 Å². The van der Waals surface area contributed by atoms with Gasteiger partial charge in [0, 0.05) is 18.6 Å². The molecule has 120 valence electrons. The van der Waals surface area contributed by atoms with Crippen molar-refractivity contribution in [3.8, 4) is 11.8 Å². The molecule has 0 spiro atoms. The highest BCUT2D eigenvalue weighted by molar-refractivity contribution is 7.92. The van der Waals surface area contributed by atoms with Gasteiger partial charge in [-0.05, 0) is 17.7 Å². The van der Waals surface area contributed by atoms with Crippen molar-refractivity contribution in [3.05, 3.63) is 29.8 Å². The van der Waals surface area contributed by atoms with Crippen molar-refractivity contribution < 1.29 is 22.6 Å². The maximum atomic E-state index is 12.3. The van der Waals surface area contributed by atoms with E-state index in [1.54, 1.807) is 38.5 Å². The Morgan fingerprint density at radius 3 is 2.50 bits per heavy atom. The largest absolute Gasteiger partial charge is 0.497 e. The fourth-order valence-electron chi connectivity index (χ4n) is 1.60. The lowest BCUT2D eigenvalue weighted by Gasteiger charge is -2.03. The maximum absolute atomic E-state index is 12.3. The van der Waals surface area contributed by atoms with E-state index in [0.717, 1.165) is 11.5 Å². The Bertz CT molecular complexity index is 697. The first-order valence-electron chi connectivity index (χ1n) is 6.36. The molecular weight excluding hydrogens is 328 g/mol. The van der Waals surface area contributed by atoms with Gasteiger partial charge in [-0.2, -0.15) is 4.98 Å². The van der Waals surface area contributed by atoms with Gasteiger partial charge in [0.2, 0.25) is 14.2 Å². The van der Waals surface area contributed by atoms with Crippen LogP contribution in [-0.2, 0) is 20.3 Å². The summed E-state index contributed by atoms with van der Waals surface area (Å²) in [5.74, 6) is 0.523. The van der Waals surface area contributed by atoms with E-state index in [1.165, 1.54) is 0 Å². The molecule has 1 heterocycles. The second-order valence-electron chi connectivity index (χ2n) is 4.29. The highest BCUT2D eigenvalue weighted by Gasteiger charge is 2.21. The fourth-order valence-corrected chi connectivity index (χ4v) is 3.68. The lowest BCUT2D eigenvalue weighted by Crippen LogP contribution is -2.07. The van der Waals surface area contributed by atoms with Gasteiger partial charge in [0.1, 0.15) is 12.4 Å². The number of hydrogen-bond acceptors (Lipinski definition) is 8. The third-order valence-corrected chi connectivity index (χ3v) is 5.51. The van der Waals surface area contributed by atoms with Gasteiger partial charge in [-0.1, -0.05) is 12.1 Å². The molecule has 0 amide bonds. The Morgan fingerprint density at radius 2 is 1.86 bits per heavy atom. The van der Waals surface area contributed by atoms with E-state index >= 15 is 0 Å². The first-order valence-corrected chi connectivity index (χ1v) is 8.79. The van der Waals surface area contributed by atoms with Gasteiger partial charge in [-0.25, -0.2) is 8.42 Å². The van der Waals surface area contributed by atoms with Crippen molar-refractivity contribution in [1.29, 1.82) is 0 Å². The van der Waals surface area contributed by atoms with E-state index in [-0.39, 0.29) is 22.7 Å². The van der Waals surface area contributed by atoms with E-state index in [0.29, 0.717) is 17.9 Å². The minimum atomic E-state index is -3.55. The van der Waals surface area contributed by atoms with Crippen molar-refractivity contribution in [2.45, 2.75) is 10.1 Å². The number of nitrogens with zero attached hydrogens (tertiary/aromatic N) is 2. The third kappa shape index (κ3) is 4.39. The lowest BCUT2D eigenvalue weighted by atomic mass is 10.2. The van der Waals surface area contributed by atoms with Crippen LogP contribution >= 0.6 is 11.5 Å². The zero-order chi connectivity index (χ0) is 16.0. The number of benzene rings is 1. The molecule has 1 aromatic carbocycles. The Labute approximate surface area is 132 Å². The molecule has 7 nitrogen and oxygen atoms in total. The summed E-state index contributed by atoms with van der Waals surface area (Å²) in [6.07, 6.45) is 0. The molecule has 0 saturated carbocycles. The van der Waals surface area contributed by atoms with Gasteiger partial charge in [-0.15, -0.1) is 4.37 Å². The van der Waals surface area contributed by atoms with Gasteiger partial charge in [0.15, 0.2) is 0 Å². The van der Waals surface area contributed by atoms with Crippen LogP contribution in [-0.4, -0.2) is 45.2 Å². The summed E-state index contributed by atoms with van der Waals surface area (Å²) in [6.45, 7) is 0.651. The molecule has 0 radical (unpaired) electrons. The number of aromatic nitrogens is 2. The zero-order valence-corrected chi connectivity index (χ0v) is 13.8. The Balaban J connectivity index is 2.06. The van der Waals surface area contributed by atoms with E-state index in [9.17, 15) is 8.42 Å². The molecule has 9 heteroatoms. The molecule has 0 N–H and O–H groups in total. The highest BCUT2D eigenvalue weighted by Crippen LogP contribution is 2.22. The number of ether oxygens (including phenoxy) is 3. The standard InChI is InChI=1S/C13H16N2O5S2/c1-18-7-8-20-12-14-13(21-15-12)22(16,17)9-10-3-5-11(19-2)6-4-10/h3-6H,7-9H2,1-2H3. The van der Waals surface area contributed by atoms with Crippen molar-refractivity contribution >= 4 is 21.4 Å². The summed E-state index contributed by atoms with van der Waals surface area (Å²) in [6, 6.07) is 6.88. The second kappa shape index (κ2) is 7.52. The first-order chi connectivity index (χ1) is 10.5. The van der Waals surface area contributed by atoms with E-state index in [1.807, 2.05) is 0 Å². The Kier molecular flexibility index (Phi) is 5.69. The Morgan fingerprint density at radius 1 is 1.14 bits per heavy atom. The number of rotatable bonds is 8. The van der Waals surface area contributed by atoms with Gasteiger partial charge in [-0.3, -0.25) is 0 Å². The van der Waals surface area contributed by atoms with Crippen molar-refractivity contribution in [1.82, 2.24) is 9.36 Å². The van der Waals surface area contributed by atoms with Crippen LogP contribution in [0.4, 0.5) is 0 Å². The minimum Gasteiger partial charge on any atom is -0.497 e. The van der Waals surface area contributed by atoms with Crippen molar-refractivity contribution in [2.75, 3.05) is 27.4 Å². The summed E-state index contributed by atoms with van der Waals surface area (Å²) in [7, 11) is -0.452. The molecular formula is C13H16N2O5S2. The SMILES string of the molecule is COCCOc1nsc(S(=O)(=O)Cc2ccc(OC)cc2)n1. The molecule has 0 aliphatic carbocycles. The average Bonchev–Trinajstić information content (AvgIpc) is 2.98. The fraction of sp³-hybridized carbons (Fsp3) is 0.385. The zero-order valence-electron chi connectivity index (χ0n) is 12.2. The Hall–Kier alpha value is -1.71. The molecule has 0 fully saturated rings. The van der Waals surface area contributed by atoms with Gasteiger partial charge >= 0.3 is 6.01 Å². The lowest BCUT2D eigenvalue weighted by molar-refractivity contribution is 0.141. The number of hydrogen-bond donors (Lipinski definition) is 0.